The fourth-order valence-corrected chi connectivity index (χ4v) is 3.10. The van der Waals surface area contributed by atoms with E-state index in [4.69, 9.17) is 4.74 Å². The second-order valence-corrected chi connectivity index (χ2v) is 7.20. The van der Waals surface area contributed by atoms with Gasteiger partial charge in [0.05, 0.1) is 12.2 Å². The molecule has 2 rings (SSSR count). The van der Waals surface area contributed by atoms with Gasteiger partial charge in [0, 0.05) is 25.2 Å². The van der Waals surface area contributed by atoms with Crippen LogP contribution in [-0.4, -0.2) is 10.5 Å². The minimum atomic E-state index is -0.157. The number of nitrogens with one attached hydrogen (secondary N) is 1. The molecule has 0 saturated carbocycles. The van der Waals surface area contributed by atoms with Gasteiger partial charge >= 0.3 is 0 Å². The van der Waals surface area contributed by atoms with Gasteiger partial charge in [0.2, 0.25) is 11.3 Å². The first kappa shape index (κ1) is 21.7. The lowest BCUT2D eigenvalue weighted by Gasteiger charge is -2.17. The zero-order chi connectivity index (χ0) is 20.4. The molecule has 0 unspecified atom stereocenters. The Morgan fingerprint density at radius 1 is 1.11 bits per heavy atom. The Morgan fingerprint density at radius 3 is 2.54 bits per heavy atom. The molecule has 5 heteroatoms. The van der Waals surface area contributed by atoms with Crippen molar-refractivity contribution in [2.45, 2.75) is 65.5 Å². The summed E-state index contributed by atoms with van der Waals surface area (Å²) in [6, 6.07) is 11.3. The van der Waals surface area contributed by atoms with E-state index in [9.17, 15) is 9.59 Å². The summed E-state index contributed by atoms with van der Waals surface area (Å²) in [6.07, 6.45) is 6.08. The van der Waals surface area contributed by atoms with Crippen LogP contribution >= 0.6 is 0 Å². The molecule has 0 saturated heterocycles. The first-order valence-electron chi connectivity index (χ1n) is 10.2. The Balaban J connectivity index is 2.01. The normalized spacial score (nSPS) is 10.7. The number of benzene rings is 1. The summed E-state index contributed by atoms with van der Waals surface area (Å²) in [5.41, 5.74) is 2.36. The van der Waals surface area contributed by atoms with Crippen molar-refractivity contribution in [1.29, 1.82) is 0 Å². The van der Waals surface area contributed by atoms with E-state index in [-0.39, 0.29) is 17.9 Å². The average molecular weight is 385 g/mol. The van der Waals surface area contributed by atoms with E-state index in [1.54, 1.807) is 6.07 Å². The number of ether oxygens (including phenoxy) is 1. The average Bonchev–Trinajstić information content (AvgIpc) is 2.69. The van der Waals surface area contributed by atoms with Crippen molar-refractivity contribution in [2.24, 2.45) is 7.05 Å². The molecule has 1 aromatic heterocycles. The van der Waals surface area contributed by atoms with Crippen molar-refractivity contribution in [3.8, 4) is 5.75 Å². The van der Waals surface area contributed by atoms with Gasteiger partial charge in [-0.1, -0.05) is 62.9 Å². The molecule has 1 amide bonds. The molecule has 152 valence electrons. The maximum Gasteiger partial charge on any atom is 0.224 e. The number of hydrogen-bond donors (Lipinski definition) is 1. The van der Waals surface area contributed by atoms with Crippen LogP contribution in [0.3, 0.4) is 0 Å². The molecular formula is C23H32N2O3. The van der Waals surface area contributed by atoms with E-state index >= 15 is 0 Å². The number of pyridine rings is 1. The molecule has 1 N–H and O–H groups in total. The number of amides is 1. The van der Waals surface area contributed by atoms with Gasteiger partial charge in [-0.15, -0.1) is 0 Å². The van der Waals surface area contributed by atoms with Gasteiger partial charge in [-0.3, -0.25) is 9.59 Å². The number of aromatic nitrogens is 1. The second-order valence-electron chi connectivity index (χ2n) is 7.20. The number of carbonyl (C=O) groups is 1. The SMILES string of the molecule is CCCCCCCC(=O)NCc1c(OCc2ccccc2)c(=O)cc(C)n1C. The van der Waals surface area contributed by atoms with Gasteiger partial charge in [0.25, 0.3) is 0 Å². The van der Waals surface area contributed by atoms with E-state index < -0.39 is 0 Å². The minimum absolute atomic E-state index is 0.0134. The Bertz CT molecular complexity index is 813. The van der Waals surface area contributed by atoms with Gasteiger partial charge in [-0.2, -0.15) is 0 Å². The molecule has 0 atom stereocenters. The van der Waals surface area contributed by atoms with Gasteiger partial charge in [-0.05, 0) is 18.9 Å². The predicted molar refractivity (Wildman–Crippen MR) is 112 cm³/mol. The summed E-state index contributed by atoms with van der Waals surface area (Å²) in [4.78, 5) is 24.7. The lowest BCUT2D eigenvalue weighted by atomic mass is 10.1. The largest absolute Gasteiger partial charge is 0.483 e. The molecule has 28 heavy (non-hydrogen) atoms. The highest BCUT2D eigenvalue weighted by Gasteiger charge is 2.14. The highest BCUT2D eigenvalue weighted by atomic mass is 16.5. The molecule has 0 aliphatic rings. The number of hydrogen-bond acceptors (Lipinski definition) is 3. The van der Waals surface area contributed by atoms with Gasteiger partial charge < -0.3 is 14.6 Å². The Kier molecular flexibility index (Phi) is 8.79. The molecule has 2 aromatic rings. The second kappa shape index (κ2) is 11.3. The van der Waals surface area contributed by atoms with Gasteiger partial charge in [0.1, 0.15) is 6.61 Å². The third-order valence-corrected chi connectivity index (χ3v) is 4.95. The van der Waals surface area contributed by atoms with Crippen molar-refractivity contribution in [3.63, 3.8) is 0 Å². The van der Waals surface area contributed by atoms with Crippen molar-refractivity contribution in [2.75, 3.05) is 0 Å². The van der Waals surface area contributed by atoms with Crippen LogP contribution in [0.4, 0.5) is 0 Å². The smallest absolute Gasteiger partial charge is 0.224 e. The van der Waals surface area contributed by atoms with E-state index in [1.807, 2.05) is 48.9 Å². The van der Waals surface area contributed by atoms with Crippen LogP contribution in [0.25, 0.3) is 0 Å². The fourth-order valence-electron chi connectivity index (χ4n) is 3.10. The standard InChI is InChI=1S/C23H32N2O3/c1-4-5-6-7-11-14-22(27)24-16-20-23(21(26)15-18(2)25(20)3)28-17-19-12-9-8-10-13-19/h8-10,12-13,15H,4-7,11,14,16-17H2,1-3H3,(H,24,27). The van der Waals surface area contributed by atoms with Crippen molar-refractivity contribution in [1.82, 2.24) is 9.88 Å². The van der Waals surface area contributed by atoms with Crippen molar-refractivity contribution in [3.05, 3.63) is 63.6 Å². The first-order chi connectivity index (χ1) is 13.5. The van der Waals surface area contributed by atoms with Gasteiger partial charge in [0.15, 0.2) is 5.75 Å². The van der Waals surface area contributed by atoms with E-state index in [2.05, 4.69) is 12.2 Å². The Labute approximate surface area is 167 Å². The zero-order valence-electron chi connectivity index (χ0n) is 17.3. The van der Waals surface area contributed by atoms with E-state index in [1.165, 1.54) is 19.3 Å². The van der Waals surface area contributed by atoms with Crippen LogP contribution in [0.1, 0.15) is 62.4 Å². The molecule has 0 aliphatic carbocycles. The monoisotopic (exact) mass is 384 g/mol. The summed E-state index contributed by atoms with van der Waals surface area (Å²) in [7, 11) is 1.89. The molecule has 0 bridgehead atoms. The number of unbranched alkanes of at least 4 members (excludes halogenated alkanes) is 4. The maximum absolute atomic E-state index is 12.5. The van der Waals surface area contributed by atoms with Crippen LogP contribution in [0.5, 0.6) is 5.75 Å². The third-order valence-electron chi connectivity index (χ3n) is 4.95. The van der Waals surface area contributed by atoms with Crippen LogP contribution in [-0.2, 0) is 25.0 Å². The van der Waals surface area contributed by atoms with Crippen molar-refractivity contribution >= 4 is 5.91 Å². The van der Waals surface area contributed by atoms with Crippen LogP contribution in [0, 0.1) is 6.92 Å². The lowest BCUT2D eigenvalue weighted by Crippen LogP contribution is -2.27. The predicted octanol–water partition coefficient (Wildman–Crippen LogP) is 4.25. The highest BCUT2D eigenvalue weighted by Crippen LogP contribution is 2.16. The molecule has 1 heterocycles. The summed E-state index contributed by atoms with van der Waals surface area (Å²) < 4.78 is 7.77. The van der Waals surface area contributed by atoms with E-state index in [0.717, 1.165) is 24.1 Å². The fraction of sp³-hybridized carbons (Fsp3) is 0.478. The van der Waals surface area contributed by atoms with Crippen LogP contribution in [0.2, 0.25) is 0 Å². The lowest BCUT2D eigenvalue weighted by molar-refractivity contribution is -0.121. The number of carbonyl (C=O) groups excluding carboxylic acids is 1. The molecule has 0 spiro atoms. The summed E-state index contributed by atoms with van der Waals surface area (Å²) in [5.74, 6) is 0.319. The van der Waals surface area contributed by atoms with Crippen LogP contribution < -0.4 is 15.5 Å². The van der Waals surface area contributed by atoms with E-state index in [0.29, 0.717) is 24.5 Å². The molecule has 1 aromatic carbocycles. The molecule has 0 radical (unpaired) electrons. The number of nitrogens with zero attached hydrogens (tertiary/aromatic N) is 1. The topological polar surface area (TPSA) is 60.3 Å². The quantitative estimate of drug-likeness (QED) is 0.589. The zero-order valence-corrected chi connectivity index (χ0v) is 17.3. The number of rotatable bonds is 11. The van der Waals surface area contributed by atoms with Crippen molar-refractivity contribution < 1.29 is 9.53 Å². The molecular weight excluding hydrogens is 352 g/mol. The molecule has 0 aliphatic heterocycles. The summed E-state index contributed by atoms with van der Waals surface area (Å²) in [5, 5.41) is 2.95. The Morgan fingerprint density at radius 2 is 1.82 bits per heavy atom. The Hall–Kier alpha value is -2.56. The number of aryl methyl sites for hydroxylation is 1. The molecule has 0 fully saturated rings. The van der Waals surface area contributed by atoms with Gasteiger partial charge in [-0.25, -0.2) is 0 Å². The minimum Gasteiger partial charge on any atom is -0.483 e. The molecule has 5 nitrogen and oxygen atoms in total. The van der Waals surface area contributed by atoms with Crippen LogP contribution in [0.15, 0.2) is 41.2 Å². The summed E-state index contributed by atoms with van der Waals surface area (Å²) in [6.45, 7) is 4.65. The summed E-state index contributed by atoms with van der Waals surface area (Å²) >= 11 is 0. The third kappa shape index (κ3) is 6.55. The maximum atomic E-state index is 12.5. The first-order valence-corrected chi connectivity index (χ1v) is 10.2. The highest BCUT2D eigenvalue weighted by molar-refractivity contribution is 5.75.